The molecule has 33 heavy (non-hydrogen) atoms. The van der Waals surface area contributed by atoms with E-state index in [1.165, 1.54) is 18.9 Å². The van der Waals surface area contributed by atoms with Crippen molar-refractivity contribution in [2.45, 2.75) is 31.5 Å². The Morgan fingerprint density at radius 1 is 1.12 bits per heavy atom. The van der Waals surface area contributed by atoms with Gasteiger partial charge in [-0.2, -0.15) is 0 Å². The molecular weight excluding hydrogens is 438 g/mol. The van der Waals surface area contributed by atoms with Crippen LogP contribution in [0.3, 0.4) is 0 Å². The Hall–Kier alpha value is -3.52. The second kappa shape index (κ2) is 9.95. The van der Waals surface area contributed by atoms with E-state index in [2.05, 4.69) is 15.3 Å². The molecule has 7 nitrogen and oxygen atoms in total. The number of esters is 1. The van der Waals surface area contributed by atoms with Crippen LogP contribution in [0.2, 0.25) is 0 Å². The predicted octanol–water partition coefficient (Wildman–Crippen LogP) is 4.47. The first-order chi connectivity index (χ1) is 16.0. The number of carbonyl (C=O) groups is 1. The zero-order valence-electron chi connectivity index (χ0n) is 18.7. The van der Waals surface area contributed by atoms with Gasteiger partial charge < -0.3 is 19.8 Å². The number of aromatic nitrogens is 2. The van der Waals surface area contributed by atoms with Crippen molar-refractivity contribution in [1.82, 2.24) is 9.97 Å². The highest BCUT2D eigenvalue weighted by Crippen LogP contribution is 2.40. The number of nitrogens with zero attached hydrogens (tertiary/aromatic N) is 1. The number of methoxy groups -OCH3 is 1. The maximum atomic E-state index is 13.1. The maximum Gasteiger partial charge on any atom is 0.336 e. The van der Waals surface area contributed by atoms with Crippen LogP contribution in [-0.4, -0.2) is 28.8 Å². The summed E-state index contributed by atoms with van der Waals surface area (Å²) in [6.07, 6.45) is 0. The Balaban J connectivity index is 1.71. The number of H-pyrrole nitrogens is 1. The van der Waals surface area contributed by atoms with Crippen LogP contribution in [0.15, 0.2) is 75.8 Å². The van der Waals surface area contributed by atoms with Crippen LogP contribution in [0.1, 0.15) is 36.5 Å². The van der Waals surface area contributed by atoms with Crippen molar-refractivity contribution in [3.05, 3.63) is 92.9 Å². The van der Waals surface area contributed by atoms with E-state index in [9.17, 15) is 9.59 Å². The van der Waals surface area contributed by atoms with Crippen LogP contribution in [0.5, 0.6) is 5.75 Å². The highest BCUT2D eigenvalue weighted by molar-refractivity contribution is 7.99. The molecule has 0 aliphatic carbocycles. The number of rotatable bonds is 7. The van der Waals surface area contributed by atoms with Gasteiger partial charge in [0.2, 0.25) is 0 Å². The number of allylic oxidation sites excluding steroid dienone is 1. The smallest absolute Gasteiger partial charge is 0.336 e. The molecule has 0 saturated heterocycles. The number of nitrogens with one attached hydrogen (secondary N) is 2. The van der Waals surface area contributed by atoms with E-state index in [0.717, 1.165) is 16.9 Å². The molecule has 0 spiro atoms. The minimum Gasteiger partial charge on any atom is -0.489 e. The Morgan fingerprint density at radius 3 is 2.52 bits per heavy atom. The topological polar surface area (TPSA) is 93.3 Å². The van der Waals surface area contributed by atoms with Crippen molar-refractivity contribution in [2.24, 2.45) is 0 Å². The molecule has 0 bridgehead atoms. The fourth-order valence-electron chi connectivity index (χ4n) is 3.85. The average molecular weight is 464 g/mol. The van der Waals surface area contributed by atoms with Gasteiger partial charge in [-0.05, 0) is 35.9 Å². The van der Waals surface area contributed by atoms with E-state index in [4.69, 9.17) is 9.47 Å². The maximum absolute atomic E-state index is 13.1. The van der Waals surface area contributed by atoms with Crippen molar-refractivity contribution in [1.29, 1.82) is 0 Å². The third kappa shape index (κ3) is 4.80. The Kier molecular flexibility index (Phi) is 6.84. The van der Waals surface area contributed by atoms with Crippen molar-refractivity contribution in [3.63, 3.8) is 0 Å². The summed E-state index contributed by atoms with van der Waals surface area (Å²) in [6.45, 7) is 4.22. The number of thioether (sulfide) groups is 1. The summed E-state index contributed by atoms with van der Waals surface area (Å²) in [5.41, 5.74) is 2.93. The first-order valence-corrected chi connectivity index (χ1v) is 11.6. The summed E-state index contributed by atoms with van der Waals surface area (Å²) >= 11 is 1.45. The third-order valence-corrected chi connectivity index (χ3v) is 6.12. The van der Waals surface area contributed by atoms with Crippen LogP contribution >= 0.6 is 11.8 Å². The lowest BCUT2D eigenvalue weighted by atomic mass is 9.82. The first-order valence-electron chi connectivity index (χ1n) is 10.6. The number of anilines is 1. The van der Waals surface area contributed by atoms with Gasteiger partial charge in [0.15, 0.2) is 5.16 Å². The van der Waals surface area contributed by atoms with Crippen molar-refractivity contribution < 1.29 is 14.3 Å². The molecule has 0 saturated carbocycles. The zero-order chi connectivity index (χ0) is 23.4. The van der Waals surface area contributed by atoms with Gasteiger partial charge in [-0.15, -0.1) is 0 Å². The second-order valence-corrected chi connectivity index (χ2v) is 8.75. The molecule has 8 heteroatoms. The summed E-state index contributed by atoms with van der Waals surface area (Å²) < 4.78 is 10.9. The summed E-state index contributed by atoms with van der Waals surface area (Å²) in [5, 5.41) is 3.66. The van der Waals surface area contributed by atoms with Gasteiger partial charge in [0.1, 0.15) is 18.2 Å². The number of ether oxygens (including phenoxy) is 2. The first kappa shape index (κ1) is 22.7. The van der Waals surface area contributed by atoms with E-state index in [1.54, 1.807) is 6.92 Å². The number of carbonyl (C=O) groups excluding carboxylic acids is 1. The molecule has 1 aliphatic rings. The molecule has 3 aromatic rings. The SMILES string of the molecule is CCSc1nc2c(c(=O)[nH]1)[C@@H](c1ccc(OCc3ccccc3)cc1)C(C(=O)OC)=C(C)N2. The lowest BCUT2D eigenvalue weighted by molar-refractivity contribution is -0.136. The molecule has 2 heterocycles. The van der Waals surface area contributed by atoms with E-state index in [1.807, 2.05) is 61.5 Å². The Morgan fingerprint density at radius 2 is 1.85 bits per heavy atom. The highest BCUT2D eigenvalue weighted by Gasteiger charge is 2.36. The molecule has 1 atom stereocenters. The fraction of sp³-hybridized carbons (Fsp3) is 0.240. The van der Waals surface area contributed by atoms with Crippen LogP contribution in [0.4, 0.5) is 5.82 Å². The molecule has 0 unspecified atom stereocenters. The molecule has 0 fully saturated rings. The quantitative estimate of drug-likeness (QED) is 0.303. The van der Waals surface area contributed by atoms with Gasteiger partial charge in [-0.1, -0.05) is 61.2 Å². The monoisotopic (exact) mass is 463 g/mol. The number of benzene rings is 2. The number of hydrogen-bond donors (Lipinski definition) is 2. The lowest BCUT2D eigenvalue weighted by Gasteiger charge is -2.28. The summed E-state index contributed by atoms with van der Waals surface area (Å²) in [7, 11) is 1.33. The molecule has 2 aromatic carbocycles. The van der Waals surface area contributed by atoms with Crippen LogP contribution in [0.25, 0.3) is 0 Å². The predicted molar refractivity (Wildman–Crippen MR) is 129 cm³/mol. The number of hydrogen-bond acceptors (Lipinski definition) is 7. The van der Waals surface area contributed by atoms with E-state index >= 15 is 0 Å². The third-order valence-electron chi connectivity index (χ3n) is 5.37. The van der Waals surface area contributed by atoms with Gasteiger partial charge >= 0.3 is 5.97 Å². The Bertz CT molecular complexity index is 1240. The lowest BCUT2D eigenvalue weighted by Crippen LogP contribution is -2.31. The molecular formula is C25H25N3O4S. The molecule has 2 N–H and O–H groups in total. The van der Waals surface area contributed by atoms with E-state index < -0.39 is 11.9 Å². The minimum atomic E-state index is -0.617. The fourth-order valence-corrected chi connectivity index (χ4v) is 4.44. The van der Waals surface area contributed by atoms with E-state index in [-0.39, 0.29) is 5.56 Å². The Labute approximate surface area is 196 Å². The summed E-state index contributed by atoms with van der Waals surface area (Å²) in [5.74, 6) is 0.811. The molecule has 1 aliphatic heterocycles. The average Bonchev–Trinajstić information content (AvgIpc) is 2.82. The molecule has 0 amide bonds. The van der Waals surface area contributed by atoms with Crippen LogP contribution in [-0.2, 0) is 16.1 Å². The molecule has 170 valence electrons. The minimum absolute atomic E-state index is 0.285. The van der Waals surface area contributed by atoms with Crippen molar-refractivity contribution in [2.75, 3.05) is 18.2 Å². The molecule has 4 rings (SSSR count). The summed E-state index contributed by atoms with van der Waals surface area (Å²) in [4.78, 5) is 33.2. The van der Waals surface area contributed by atoms with Gasteiger partial charge in [-0.3, -0.25) is 4.79 Å². The molecule has 0 radical (unpaired) electrons. The van der Waals surface area contributed by atoms with Gasteiger partial charge in [0.25, 0.3) is 5.56 Å². The number of aromatic amines is 1. The second-order valence-electron chi connectivity index (χ2n) is 7.50. The van der Waals surface area contributed by atoms with Crippen molar-refractivity contribution >= 4 is 23.5 Å². The number of fused-ring (bicyclic) bond motifs is 1. The van der Waals surface area contributed by atoms with E-state index in [0.29, 0.717) is 40.2 Å². The van der Waals surface area contributed by atoms with Crippen molar-refractivity contribution in [3.8, 4) is 5.75 Å². The normalized spacial score (nSPS) is 14.9. The standard InChI is InChI=1S/C25H25N3O4S/c1-4-33-25-27-22-21(23(29)28-25)20(19(15(2)26-22)24(30)31-3)17-10-12-18(13-11-17)32-14-16-8-6-5-7-9-16/h5-13,20H,4,14H2,1-3H3,(H2,26,27,28,29)/t20-/m0/s1. The zero-order valence-corrected chi connectivity index (χ0v) is 19.5. The van der Waals surface area contributed by atoms with Gasteiger partial charge in [0, 0.05) is 5.70 Å². The van der Waals surface area contributed by atoms with Gasteiger partial charge in [0.05, 0.1) is 24.2 Å². The summed E-state index contributed by atoms with van der Waals surface area (Å²) in [6, 6.07) is 17.3. The van der Waals surface area contributed by atoms with Crippen LogP contribution in [0, 0.1) is 0 Å². The largest absolute Gasteiger partial charge is 0.489 e. The van der Waals surface area contributed by atoms with Gasteiger partial charge in [-0.25, -0.2) is 9.78 Å². The molecule has 1 aromatic heterocycles. The highest BCUT2D eigenvalue weighted by atomic mass is 32.2. The van der Waals surface area contributed by atoms with Crippen LogP contribution < -0.4 is 15.6 Å².